The summed E-state index contributed by atoms with van der Waals surface area (Å²) < 4.78 is 0. The molecule has 0 aromatic rings. The molecule has 0 aromatic heterocycles. The highest BCUT2D eigenvalue weighted by Crippen LogP contribution is 2.64. The molecular formula is C25H39N3O3. The van der Waals surface area contributed by atoms with Crippen molar-refractivity contribution in [1.29, 1.82) is 0 Å². The highest BCUT2D eigenvalue weighted by atomic mass is 16.2. The maximum Gasteiger partial charge on any atom is 0.335 e. The van der Waals surface area contributed by atoms with Crippen LogP contribution in [0.15, 0.2) is 12.2 Å². The number of hydrogen-bond donors (Lipinski definition) is 1. The van der Waals surface area contributed by atoms with Gasteiger partial charge in [-0.3, -0.25) is 9.69 Å². The fourth-order valence-electron chi connectivity index (χ4n) is 7.38. The molecule has 4 rings (SSSR count). The van der Waals surface area contributed by atoms with Crippen LogP contribution in [0.25, 0.3) is 0 Å². The predicted molar refractivity (Wildman–Crippen MR) is 120 cm³/mol. The highest BCUT2D eigenvalue weighted by Gasteiger charge is 2.59. The Kier molecular flexibility index (Phi) is 5.72. The normalized spacial score (nSPS) is 39.0. The van der Waals surface area contributed by atoms with Gasteiger partial charge >= 0.3 is 12.1 Å². The van der Waals surface area contributed by atoms with Gasteiger partial charge in [0.05, 0.1) is 6.04 Å². The first-order valence-electron chi connectivity index (χ1n) is 12.2. The number of fused-ring (bicyclic) bond motifs is 5. The zero-order chi connectivity index (χ0) is 22.6. The first kappa shape index (κ1) is 22.3. The van der Waals surface area contributed by atoms with Gasteiger partial charge in [0.2, 0.25) is 0 Å². The molecule has 0 aromatic carbocycles. The summed E-state index contributed by atoms with van der Waals surface area (Å²) >= 11 is 0. The van der Waals surface area contributed by atoms with Gasteiger partial charge in [-0.15, -0.1) is 0 Å². The zero-order valence-corrected chi connectivity index (χ0v) is 19.8. The molecule has 5 amide bonds. The Labute approximate surface area is 186 Å². The summed E-state index contributed by atoms with van der Waals surface area (Å²) in [6.07, 6.45) is 12.0. The smallest absolute Gasteiger partial charge is 0.335 e. The molecule has 0 bridgehead atoms. The zero-order valence-electron chi connectivity index (χ0n) is 19.8. The molecule has 172 valence electrons. The summed E-state index contributed by atoms with van der Waals surface area (Å²) in [5.41, 5.74) is 0.258. The third-order valence-electron chi connectivity index (χ3n) is 9.10. The average molecular weight is 430 g/mol. The average Bonchev–Trinajstić information content (AvgIpc) is 3.13. The molecule has 4 aliphatic rings. The van der Waals surface area contributed by atoms with Crippen molar-refractivity contribution in [1.82, 2.24) is 15.1 Å². The van der Waals surface area contributed by atoms with Gasteiger partial charge in [0, 0.05) is 25.1 Å². The first-order valence-corrected chi connectivity index (χ1v) is 12.2. The number of hydrogen-bond acceptors (Lipinski definition) is 3. The summed E-state index contributed by atoms with van der Waals surface area (Å²) in [7, 11) is 1.47. The van der Waals surface area contributed by atoms with E-state index in [1.807, 2.05) is 13.8 Å². The third-order valence-corrected chi connectivity index (χ3v) is 9.10. The van der Waals surface area contributed by atoms with Gasteiger partial charge in [0.1, 0.15) is 0 Å². The van der Waals surface area contributed by atoms with Crippen LogP contribution in [-0.2, 0) is 4.79 Å². The lowest BCUT2D eigenvalue weighted by Gasteiger charge is -2.59. The molecule has 1 aliphatic heterocycles. The van der Waals surface area contributed by atoms with Gasteiger partial charge in [0.25, 0.3) is 5.91 Å². The number of nitrogens with one attached hydrogen (secondary N) is 1. The van der Waals surface area contributed by atoms with Gasteiger partial charge in [-0.1, -0.05) is 40.2 Å². The van der Waals surface area contributed by atoms with Crippen LogP contribution in [0.2, 0.25) is 0 Å². The molecular weight excluding hydrogens is 390 g/mol. The second kappa shape index (κ2) is 7.93. The quantitative estimate of drug-likeness (QED) is 0.685. The number of amides is 5. The molecule has 0 radical (unpaired) electrons. The Hall–Kier alpha value is -1.85. The van der Waals surface area contributed by atoms with Crippen molar-refractivity contribution >= 4 is 18.0 Å². The minimum atomic E-state index is -0.508. The molecule has 6 atom stereocenters. The van der Waals surface area contributed by atoms with E-state index in [9.17, 15) is 14.4 Å². The summed E-state index contributed by atoms with van der Waals surface area (Å²) in [5.74, 6) is 1.92. The van der Waals surface area contributed by atoms with Crippen LogP contribution in [-0.4, -0.2) is 47.4 Å². The maximum atomic E-state index is 13.3. The van der Waals surface area contributed by atoms with Crippen LogP contribution in [0.3, 0.4) is 0 Å². The maximum absolute atomic E-state index is 13.3. The number of nitrogens with zero attached hydrogens (tertiary/aromatic N) is 2. The standard InChI is InChI=1S/C25H39N3O3/c1-16(2)15-26-22(30)27(5)23(31)28-20-9-8-17-18-7-6-12-24(18,3)13-10-19(17)25(20,4)14-11-21(28)29/h11,14,16-20H,6-10,12-13,15H2,1-5H3,(H,26,30)/t17-,18-,19+,20?,24-,25+/m0/s1. The van der Waals surface area contributed by atoms with Crippen LogP contribution in [0.4, 0.5) is 9.59 Å². The predicted octanol–water partition coefficient (Wildman–Crippen LogP) is 4.80. The molecule has 6 nitrogen and oxygen atoms in total. The number of urea groups is 2. The molecule has 1 unspecified atom stereocenters. The van der Waals surface area contributed by atoms with E-state index in [2.05, 4.69) is 25.2 Å². The molecule has 0 spiro atoms. The van der Waals surface area contributed by atoms with Crippen molar-refractivity contribution in [2.24, 2.45) is 34.5 Å². The lowest BCUT2D eigenvalue weighted by molar-refractivity contribution is -0.135. The third kappa shape index (κ3) is 3.60. The summed E-state index contributed by atoms with van der Waals surface area (Å²) in [4.78, 5) is 41.2. The Morgan fingerprint density at radius 2 is 1.90 bits per heavy atom. The second-order valence-electron chi connectivity index (χ2n) is 11.4. The van der Waals surface area contributed by atoms with Crippen LogP contribution in [0.1, 0.15) is 72.6 Å². The molecule has 3 aliphatic carbocycles. The van der Waals surface area contributed by atoms with E-state index < -0.39 is 12.1 Å². The molecule has 0 saturated heterocycles. The molecule has 1 N–H and O–H groups in total. The molecule has 31 heavy (non-hydrogen) atoms. The minimum absolute atomic E-state index is 0.176. The number of imide groups is 2. The first-order chi connectivity index (χ1) is 14.6. The Morgan fingerprint density at radius 3 is 2.61 bits per heavy atom. The van der Waals surface area contributed by atoms with Gasteiger partial charge in [-0.2, -0.15) is 0 Å². The molecule has 1 heterocycles. The van der Waals surface area contributed by atoms with Crippen molar-refractivity contribution in [2.45, 2.75) is 78.7 Å². The van der Waals surface area contributed by atoms with E-state index >= 15 is 0 Å². The molecule has 3 saturated carbocycles. The van der Waals surface area contributed by atoms with Crippen molar-refractivity contribution < 1.29 is 14.4 Å². The summed E-state index contributed by atoms with van der Waals surface area (Å²) in [6.45, 7) is 9.23. The van der Waals surface area contributed by atoms with E-state index in [4.69, 9.17) is 0 Å². The molecule has 6 heteroatoms. The van der Waals surface area contributed by atoms with Gasteiger partial charge in [-0.25, -0.2) is 14.5 Å². The van der Waals surface area contributed by atoms with Crippen molar-refractivity contribution in [3.8, 4) is 0 Å². The Balaban J connectivity index is 1.57. The fraction of sp³-hybridized carbons (Fsp3) is 0.800. The van der Waals surface area contributed by atoms with Crippen molar-refractivity contribution in [3.05, 3.63) is 12.2 Å². The van der Waals surface area contributed by atoms with E-state index in [1.165, 1.54) is 37.6 Å². The Morgan fingerprint density at radius 1 is 1.16 bits per heavy atom. The van der Waals surface area contributed by atoms with Crippen LogP contribution in [0, 0.1) is 34.5 Å². The number of rotatable bonds is 2. The topological polar surface area (TPSA) is 69.7 Å². The van der Waals surface area contributed by atoms with Gasteiger partial charge < -0.3 is 5.32 Å². The van der Waals surface area contributed by atoms with Crippen molar-refractivity contribution in [2.75, 3.05) is 13.6 Å². The highest BCUT2D eigenvalue weighted by molar-refractivity contribution is 6.06. The lowest BCUT2D eigenvalue weighted by atomic mass is 9.48. The number of carbonyl (C=O) groups is 3. The van der Waals surface area contributed by atoms with Crippen LogP contribution in [0.5, 0.6) is 0 Å². The molecule has 3 fully saturated rings. The fourth-order valence-corrected chi connectivity index (χ4v) is 7.38. The minimum Gasteiger partial charge on any atom is -0.337 e. The van der Waals surface area contributed by atoms with E-state index in [0.29, 0.717) is 23.8 Å². The van der Waals surface area contributed by atoms with Gasteiger partial charge in [-0.05, 0) is 67.6 Å². The van der Waals surface area contributed by atoms with Gasteiger partial charge in [0.15, 0.2) is 0 Å². The largest absolute Gasteiger partial charge is 0.337 e. The Bertz CT molecular complexity index is 793. The van der Waals surface area contributed by atoms with E-state index in [1.54, 1.807) is 6.08 Å². The lowest BCUT2D eigenvalue weighted by Crippen LogP contribution is -2.63. The van der Waals surface area contributed by atoms with E-state index in [0.717, 1.165) is 30.1 Å². The number of carbonyl (C=O) groups excluding carboxylic acids is 3. The van der Waals surface area contributed by atoms with Crippen LogP contribution >= 0.6 is 0 Å². The second-order valence-corrected chi connectivity index (χ2v) is 11.4. The SMILES string of the molecule is CC(C)CNC(=O)N(C)C(=O)N1C(=O)C=C[C@@]2(C)C1CC[C@@H]1[C@H]2CC[C@]2(C)CCC[C@@H]12. The van der Waals surface area contributed by atoms with Crippen LogP contribution < -0.4 is 5.32 Å². The monoisotopic (exact) mass is 429 g/mol. The summed E-state index contributed by atoms with van der Waals surface area (Å²) in [6, 6.07) is -1.13. The van der Waals surface area contributed by atoms with Crippen molar-refractivity contribution in [3.63, 3.8) is 0 Å². The summed E-state index contributed by atoms with van der Waals surface area (Å²) in [5, 5.41) is 2.78. The van der Waals surface area contributed by atoms with E-state index in [-0.39, 0.29) is 23.3 Å².